The van der Waals surface area contributed by atoms with Crippen LogP contribution in [0.1, 0.15) is 19.8 Å². The fourth-order valence-electron chi connectivity index (χ4n) is 2.38. The minimum absolute atomic E-state index is 0.136. The van der Waals surface area contributed by atoms with Gasteiger partial charge in [-0.1, -0.05) is 37.1 Å². The van der Waals surface area contributed by atoms with E-state index in [1.807, 2.05) is 29.6 Å². The van der Waals surface area contributed by atoms with Crippen LogP contribution < -0.4 is 14.8 Å². The number of para-hydroxylation sites is 1. The van der Waals surface area contributed by atoms with E-state index < -0.39 is 0 Å². The summed E-state index contributed by atoms with van der Waals surface area (Å²) in [4.78, 5) is 16.5. The van der Waals surface area contributed by atoms with E-state index in [2.05, 4.69) is 17.2 Å². The Balaban J connectivity index is 1.53. The lowest BCUT2D eigenvalue weighted by molar-refractivity contribution is -0.118. The van der Waals surface area contributed by atoms with Crippen LogP contribution in [0.2, 0.25) is 5.02 Å². The Hall–Kier alpha value is -2.57. The molecule has 0 fully saturated rings. The number of ether oxygens (including phenoxy) is 2. The number of aromatic nitrogens is 1. The summed E-state index contributed by atoms with van der Waals surface area (Å²) in [5, 5.41) is 5.63. The number of nitrogens with zero attached hydrogens (tertiary/aromatic N) is 1. The van der Waals surface area contributed by atoms with Crippen molar-refractivity contribution >= 4 is 34.0 Å². The van der Waals surface area contributed by atoms with Crippen molar-refractivity contribution in [2.24, 2.45) is 0 Å². The van der Waals surface area contributed by atoms with Crippen molar-refractivity contribution in [3.8, 4) is 22.8 Å². The Morgan fingerprint density at radius 1 is 1.14 bits per heavy atom. The molecule has 2 aromatic carbocycles. The summed E-state index contributed by atoms with van der Waals surface area (Å²) in [5.41, 5.74) is 1.76. The van der Waals surface area contributed by atoms with Gasteiger partial charge in [-0.15, -0.1) is 11.3 Å². The van der Waals surface area contributed by atoms with E-state index in [1.165, 1.54) is 11.3 Å². The van der Waals surface area contributed by atoms with Crippen molar-refractivity contribution in [1.82, 2.24) is 4.98 Å². The predicted molar refractivity (Wildman–Crippen MR) is 114 cm³/mol. The Morgan fingerprint density at radius 2 is 1.93 bits per heavy atom. The predicted octanol–water partition coefficient (Wildman–Crippen LogP) is 5.66. The number of hydrogen-bond donors (Lipinski definition) is 1. The summed E-state index contributed by atoms with van der Waals surface area (Å²) in [7, 11) is 0. The molecule has 0 spiro atoms. The molecule has 0 aliphatic heterocycles. The number of hydrogen-bond acceptors (Lipinski definition) is 5. The Labute approximate surface area is 173 Å². The number of carbonyl (C=O) groups excluding carboxylic acids is 1. The van der Waals surface area contributed by atoms with Crippen LogP contribution in [-0.4, -0.2) is 24.1 Å². The van der Waals surface area contributed by atoms with E-state index in [4.69, 9.17) is 21.1 Å². The molecule has 1 heterocycles. The lowest BCUT2D eigenvalue weighted by atomic mass is 10.2. The molecule has 146 valence electrons. The van der Waals surface area contributed by atoms with Gasteiger partial charge >= 0.3 is 0 Å². The molecular formula is C21H21ClN2O3S. The summed E-state index contributed by atoms with van der Waals surface area (Å²) in [6, 6.07) is 14.8. The van der Waals surface area contributed by atoms with Crippen LogP contribution in [0, 0.1) is 0 Å². The molecule has 0 radical (unpaired) electrons. The molecule has 28 heavy (non-hydrogen) atoms. The molecule has 3 rings (SSSR count). The monoisotopic (exact) mass is 416 g/mol. The molecular weight excluding hydrogens is 396 g/mol. The third-order valence-corrected chi connectivity index (χ3v) is 4.93. The highest BCUT2D eigenvalue weighted by atomic mass is 35.5. The Bertz CT molecular complexity index is 912. The van der Waals surface area contributed by atoms with Crippen molar-refractivity contribution in [3.63, 3.8) is 0 Å². The van der Waals surface area contributed by atoms with Gasteiger partial charge in [0.05, 0.1) is 17.3 Å². The van der Waals surface area contributed by atoms with E-state index in [1.54, 1.807) is 24.3 Å². The first-order chi connectivity index (χ1) is 13.7. The number of benzene rings is 2. The van der Waals surface area contributed by atoms with E-state index in [-0.39, 0.29) is 12.5 Å². The highest BCUT2D eigenvalue weighted by molar-refractivity contribution is 7.14. The topological polar surface area (TPSA) is 60.5 Å². The molecule has 3 aromatic rings. The molecule has 1 aromatic heterocycles. The minimum Gasteiger partial charge on any atom is -0.494 e. The zero-order valence-corrected chi connectivity index (χ0v) is 17.1. The summed E-state index contributed by atoms with van der Waals surface area (Å²) in [5.74, 6) is 1.03. The zero-order chi connectivity index (χ0) is 19.8. The van der Waals surface area contributed by atoms with Crippen molar-refractivity contribution in [3.05, 3.63) is 58.9 Å². The number of amides is 1. The van der Waals surface area contributed by atoms with E-state index in [0.717, 1.165) is 36.5 Å². The number of thiazole rings is 1. The molecule has 7 heteroatoms. The van der Waals surface area contributed by atoms with Crippen molar-refractivity contribution in [2.45, 2.75) is 19.8 Å². The van der Waals surface area contributed by atoms with Gasteiger partial charge in [0, 0.05) is 10.9 Å². The van der Waals surface area contributed by atoms with E-state index >= 15 is 0 Å². The van der Waals surface area contributed by atoms with Gasteiger partial charge in [0.1, 0.15) is 11.5 Å². The fourth-order valence-corrected chi connectivity index (χ4v) is 3.31. The molecule has 0 aliphatic carbocycles. The highest BCUT2D eigenvalue weighted by Gasteiger charge is 2.10. The average molecular weight is 417 g/mol. The standard InChI is InChI=1S/C21H21ClN2O3S/c1-2-3-12-26-16-10-8-15(9-11-16)18-14-28-21(23-18)24-20(25)13-27-19-7-5-4-6-17(19)22/h4-11,14H,2-3,12-13H2,1H3,(H,23,24,25). The average Bonchev–Trinajstić information content (AvgIpc) is 3.16. The van der Waals surface area contributed by atoms with Crippen molar-refractivity contribution < 1.29 is 14.3 Å². The second kappa shape index (κ2) is 10.1. The Kier molecular flexibility index (Phi) is 7.28. The molecule has 0 unspecified atom stereocenters. The molecule has 0 bridgehead atoms. The molecule has 0 atom stereocenters. The van der Waals surface area contributed by atoms with Gasteiger partial charge in [-0.3, -0.25) is 10.1 Å². The van der Waals surface area contributed by atoms with Crippen LogP contribution in [0.4, 0.5) is 5.13 Å². The van der Waals surface area contributed by atoms with Crippen molar-refractivity contribution in [2.75, 3.05) is 18.5 Å². The fraction of sp³-hybridized carbons (Fsp3) is 0.238. The summed E-state index contributed by atoms with van der Waals surface area (Å²) < 4.78 is 11.1. The maximum absolute atomic E-state index is 12.1. The molecule has 0 saturated carbocycles. The number of rotatable bonds is 9. The van der Waals surface area contributed by atoms with Crippen LogP contribution >= 0.6 is 22.9 Å². The number of unbranched alkanes of at least 4 members (excludes halogenated alkanes) is 1. The second-order valence-electron chi connectivity index (χ2n) is 6.03. The molecule has 1 amide bonds. The number of nitrogens with one attached hydrogen (secondary N) is 1. The van der Waals surface area contributed by atoms with Gasteiger partial charge in [0.15, 0.2) is 11.7 Å². The largest absolute Gasteiger partial charge is 0.494 e. The number of anilines is 1. The van der Waals surface area contributed by atoms with Gasteiger partial charge in [0.2, 0.25) is 0 Å². The lowest BCUT2D eigenvalue weighted by Crippen LogP contribution is -2.20. The van der Waals surface area contributed by atoms with E-state index in [9.17, 15) is 4.79 Å². The minimum atomic E-state index is -0.291. The Morgan fingerprint density at radius 3 is 2.68 bits per heavy atom. The van der Waals surface area contributed by atoms with Gasteiger partial charge in [-0.2, -0.15) is 0 Å². The second-order valence-corrected chi connectivity index (χ2v) is 7.30. The lowest BCUT2D eigenvalue weighted by Gasteiger charge is -2.07. The summed E-state index contributed by atoms with van der Waals surface area (Å²) >= 11 is 7.37. The quantitative estimate of drug-likeness (QED) is 0.457. The maximum Gasteiger partial charge on any atom is 0.264 e. The van der Waals surface area contributed by atoms with E-state index in [0.29, 0.717) is 15.9 Å². The summed E-state index contributed by atoms with van der Waals surface area (Å²) in [6.07, 6.45) is 2.14. The molecule has 0 saturated heterocycles. The number of carbonyl (C=O) groups is 1. The van der Waals surface area contributed by atoms with Gasteiger partial charge in [0.25, 0.3) is 5.91 Å². The maximum atomic E-state index is 12.1. The molecule has 5 nitrogen and oxygen atoms in total. The normalized spacial score (nSPS) is 10.5. The smallest absolute Gasteiger partial charge is 0.264 e. The zero-order valence-electron chi connectivity index (χ0n) is 15.5. The third-order valence-electron chi connectivity index (χ3n) is 3.86. The van der Waals surface area contributed by atoms with Gasteiger partial charge in [-0.05, 0) is 42.8 Å². The molecule has 1 N–H and O–H groups in total. The first kappa shape index (κ1) is 20.2. The van der Waals surface area contributed by atoms with Crippen LogP contribution in [0.25, 0.3) is 11.3 Å². The first-order valence-corrected chi connectivity index (χ1v) is 10.3. The van der Waals surface area contributed by atoms with Crippen LogP contribution in [-0.2, 0) is 4.79 Å². The third kappa shape index (κ3) is 5.71. The van der Waals surface area contributed by atoms with Gasteiger partial charge < -0.3 is 9.47 Å². The SMILES string of the molecule is CCCCOc1ccc(-c2csc(NC(=O)COc3ccccc3Cl)n2)cc1. The van der Waals surface area contributed by atoms with Crippen LogP contribution in [0.5, 0.6) is 11.5 Å². The highest BCUT2D eigenvalue weighted by Crippen LogP contribution is 2.27. The first-order valence-electron chi connectivity index (χ1n) is 9.01. The van der Waals surface area contributed by atoms with Crippen LogP contribution in [0.3, 0.4) is 0 Å². The number of halogens is 1. The summed E-state index contributed by atoms with van der Waals surface area (Å²) in [6.45, 7) is 2.72. The van der Waals surface area contributed by atoms with Crippen molar-refractivity contribution in [1.29, 1.82) is 0 Å². The van der Waals surface area contributed by atoms with Crippen LogP contribution in [0.15, 0.2) is 53.9 Å². The molecule has 0 aliphatic rings. The van der Waals surface area contributed by atoms with Gasteiger partial charge in [-0.25, -0.2) is 4.98 Å².